The number of piperidine rings is 1. The largest absolute Gasteiger partial charge is 0.369 e. The fourth-order valence-corrected chi connectivity index (χ4v) is 5.71. The zero-order valence-corrected chi connectivity index (χ0v) is 20.6. The van der Waals surface area contributed by atoms with Crippen LogP contribution in [0.2, 0.25) is 0 Å². The maximum absolute atomic E-state index is 12.3. The summed E-state index contributed by atoms with van der Waals surface area (Å²) in [5.41, 5.74) is 11.0. The van der Waals surface area contributed by atoms with Crippen molar-refractivity contribution in [3.8, 4) is 12.1 Å². The van der Waals surface area contributed by atoms with Gasteiger partial charge in [-0.3, -0.25) is 25.6 Å². The highest BCUT2D eigenvalue weighted by atomic mass is 16.1. The number of carbonyl (C=O) groups excluding carboxylic acids is 1. The molecule has 2 saturated heterocycles. The first-order valence-corrected chi connectivity index (χ1v) is 12.3. The van der Waals surface area contributed by atoms with E-state index in [1.807, 2.05) is 27.7 Å². The minimum atomic E-state index is -0.485. The molecule has 3 rings (SSSR count). The van der Waals surface area contributed by atoms with Crippen molar-refractivity contribution in [1.82, 2.24) is 20.9 Å². The van der Waals surface area contributed by atoms with Crippen LogP contribution in [0.1, 0.15) is 59.8 Å². The molecule has 0 radical (unpaired) electrons. The molecule has 0 spiro atoms. The molecule has 7 N–H and O–H groups in total. The summed E-state index contributed by atoms with van der Waals surface area (Å²) in [5, 5.41) is 30.3. The average molecular weight is 459 g/mol. The Hall–Kier alpha value is -1.75. The highest BCUT2D eigenvalue weighted by molar-refractivity contribution is 5.77. The van der Waals surface area contributed by atoms with E-state index in [2.05, 4.69) is 33.0 Å². The van der Waals surface area contributed by atoms with Gasteiger partial charge in [-0.2, -0.15) is 10.5 Å². The van der Waals surface area contributed by atoms with Crippen LogP contribution in [-0.2, 0) is 4.79 Å². The Labute approximate surface area is 198 Å². The van der Waals surface area contributed by atoms with Gasteiger partial charge in [0, 0.05) is 31.7 Å². The van der Waals surface area contributed by atoms with Crippen molar-refractivity contribution in [1.29, 1.82) is 10.5 Å². The third-order valence-corrected chi connectivity index (χ3v) is 8.23. The van der Waals surface area contributed by atoms with Crippen LogP contribution in [0.25, 0.3) is 0 Å². The number of carbonyl (C=O) groups is 1. The summed E-state index contributed by atoms with van der Waals surface area (Å²) in [6.07, 6.45) is 4.23. The Bertz CT molecular complexity index is 750. The second-order valence-electron chi connectivity index (χ2n) is 11.5. The molecule has 1 amide bonds. The Morgan fingerprint density at radius 2 is 1.70 bits per heavy atom. The number of amides is 1. The maximum atomic E-state index is 12.3. The molecule has 5 unspecified atom stereocenters. The number of hydrogen-bond donors (Lipinski definition) is 5. The highest BCUT2D eigenvalue weighted by Crippen LogP contribution is 2.46. The molecule has 3 aliphatic rings. The number of nitriles is 2. The van der Waals surface area contributed by atoms with Gasteiger partial charge in [-0.15, -0.1) is 0 Å². The second-order valence-corrected chi connectivity index (χ2v) is 11.5. The molecule has 2 aliphatic heterocycles. The number of nitrogens with zero attached hydrogens (tertiary/aromatic N) is 3. The smallest absolute Gasteiger partial charge is 0.224 e. The molecule has 3 fully saturated rings. The molecular formula is C24H42N8O. The number of hydrogen-bond acceptors (Lipinski definition) is 8. The predicted octanol–water partition coefficient (Wildman–Crippen LogP) is 0.788. The average Bonchev–Trinajstić information content (AvgIpc) is 2.78. The molecule has 184 valence electrons. The van der Waals surface area contributed by atoms with Crippen LogP contribution in [0.4, 0.5) is 0 Å². The summed E-state index contributed by atoms with van der Waals surface area (Å²) in [7, 11) is 0. The molecular weight excluding hydrogens is 416 g/mol. The van der Waals surface area contributed by atoms with Crippen molar-refractivity contribution in [2.75, 3.05) is 19.6 Å². The number of likely N-dealkylation sites (tertiary alicyclic amines) is 1. The molecule has 9 heteroatoms. The van der Waals surface area contributed by atoms with Gasteiger partial charge in [0.1, 0.15) is 6.29 Å². The van der Waals surface area contributed by atoms with Crippen molar-refractivity contribution in [3.63, 3.8) is 0 Å². The van der Waals surface area contributed by atoms with E-state index >= 15 is 0 Å². The lowest BCUT2D eigenvalue weighted by Gasteiger charge is -2.48. The first-order valence-electron chi connectivity index (χ1n) is 12.3. The van der Waals surface area contributed by atoms with Crippen LogP contribution in [0.5, 0.6) is 0 Å². The van der Waals surface area contributed by atoms with Gasteiger partial charge < -0.3 is 11.5 Å². The summed E-state index contributed by atoms with van der Waals surface area (Å²) in [4.78, 5) is 14.6. The summed E-state index contributed by atoms with van der Waals surface area (Å²) in [5.74, 6) is -0.418. The molecule has 0 aromatic rings. The number of nitrogens with two attached hydrogens (primary N) is 2. The van der Waals surface area contributed by atoms with Gasteiger partial charge in [-0.05, 0) is 71.6 Å². The van der Waals surface area contributed by atoms with E-state index in [4.69, 9.17) is 11.5 Å². The maximum Gasteiger partial charge on any atom is 0.224 e. The Kier molecular flexibility index (Phi) is 8.03. The first-order chi connectivity index (χ1) is 15.5. The van der Waals surface area contributed by atoms with Gasteiger partial charge in [-0.25, -0.2) is 0 Å². The molecule has 0 aromatic carbocycles. The number of nitrogens with one attached hydrogen (secondary N) is 3. The van der Waals surface area contributed by atoms with E-state index < -0.39 is 16.7 Å². The van der Waals surface area contributed by atoms with E-state index in [-0.39, 0.29) is 42.3 Å². The topological polar surface area (TPSA) is 156 Å². The zero-order valence-electron chi connectivity index (χ0n) is 20.6. The van der Waals surface area contributed by atoms with E-state index in [0.717, 1.165) is 45.2 Å². The van der Waals surface area contributed by atoms with E-state index in [0.29, 0.717) is 6.54 Å². The van der Waals surface area contributed by atoms with Crippen LogP contribution >= 0.6 is 0 Å². The SMILES string of the molecule is CC(C)(C#N)C1CC(NC2NC(N3CCC[C@H](N)C3)NCC2C(N)=O)CC(C(C)(C)C#N)C1. The van der Waals surface area contributed by atoms with E-state index in [9.17, 15) is 15.3 Å². The normalized spacial score (nSPS) is 36.5. The molecule has 0 bridgehead atoms. The molecule has 6 atom stereocenters. The van der Waals surface area contributed by atoms with Crippen molar-refractivity contribution >= 4 is 5.91 Å². The van der Waals surface area contributed by atoms with Gasteiger partial charge in [0.15, 0.2) is 0 Å². The second kappa shape index (κ2) is 10.2. The Morgan fingerprint density at radius 3 is 2.21 bits per heavy atom. The lowest BCUT2D eigenvalue weighted by atomic mass is 9.61. The zero-order chi connectivity index (χ0) is 24.4. The predicted molar refractivity (Wildman–Crippen MR) is 127 cm³/mol. The third kappa shape index (κ3) is 6.03. The van der Waals surface area contributed by atoms with Gasteiger partial charge in [0.05, 0.1) is 35.1 Å². The summed E-state index contributed by atoms with van der Waals surface area (Å²) < 4.78 is 0. The quantitative estimate of drug-likeness (QED) is 0.391. The van der Waals surface area contributed by atoms with Gasteiger partial charge in [0.2, 0.25) is 5.91 Å². The molecule has 1 saturated carbocycles. The Morgan fingerprint density at radius 1 is 1.09 bits per heavy atom. The van der Waals surface area contributed by atoms with E-state index in [1.165, 1.54) is 0 Å². The molecule has 0 aromatic heterocycles. The van der Waals surface area contributed by atoms with Crippen LogP contribution in [0.15, 0.2) is 0 Å². The fraction of sp³-hybridized carbons (Fsp3) is 0.875. The monoisotopic (exact) mass is 458 g/mol. The Balaban J connectivity index is 1.78. The molecule has 2 heterocycles. The minimum absolute atomic E-state index is 0.0780. The van der Waals surface area contributed by atoms with Crippen molar-refractivity contribution in [2.24, 2.45) is 40.1 Å². The summed E-state index contributed by atoms with van der Waals surface area (Å²) in [6, 6.07) is 5.19. The summed E-state index contributed by atoms with van der Waals surface area (Å²) >= 11 is 0. The van der Waals surface area contributed by atoms with Gasteiger partial charge in [0.25, 0.3) is 0 Å². The number of rotatable bonds is 6. The van der Waals surface area contributed by atoms with Crippen molar-refractivity contribution in [3.05, 3.63) is 0 Å². The van der Waals surface area contributed by atoms with Gasteiger partial charge in [-0.1, -0.05) is 0 Å². The number of primary amides is 1. The van der Waals surface area contributed by atoms with Crippen LogP contribution < -0.4 is 27.4 Å². The molecule has 9 nitrogen and oxygen atoms in total. The highest BCUT2D eigenvalue weighted by Gasteiger charge is 2.45. The standard InChI is InChI=1S/C24H42N8O/c1-23(2,13-25)15-8-16(24(3,4)14-26)10-18(9-15)30-21-19(20(28)33)11-29-22(31-21)32-7-5-6-17(27)12-32/h15-19,21-22,29-31H,5-12,27H2,1-4H3,(H2,28,33)/t15?,16?,17-,18?,19?,21?,22?/m0/s1. The minimum Gasteiger partial charge on any atom is -0.369 e. The van der Waals surface area contributed by atoms with Crippen molar-refractivity contribution in [2.45, 2.75) is 84.3 Å². The van der Waals surface area contributed by atoms with Crippen LogP contribution in [-0.4, -0.2) is 55.0 Å². The third-order valence-electron chi connectivity index (χ3n) is 8.23. The molecule has 1 aliphatic carbocycles. The van der Waals surface area contributed by atoms with Crippen LogP contribution in [0.3, 0.4) is 0 Å². The summed E-state index contributed by atoms with van der Waals surface area (Å²) in [6.45, 7) is 10.2. The molecule has 33 heavy (non-hydrogen) atoms. The lowest BCUT2D eigenvalue weighted by molar-refractivity contribution is -0.124. The van der Waals surface area contributed by atoms with Crippen molar-refractivity contribution < 1.29 is 4.79 Å². The van der Waals surface area contributed by atoms with E-state index in [1.54, 1.807) is 0 Å². The first kappa shape index (κ1) is 25.9. The fourth-order valence-electron chi connectivity index (χ4n) is 5.71. The van der Waals surface area contributed by atoms with Crippen LogP contribution in [0, 0.1) is 51.2 Å². The van der Waals surface area contributed by atoms with Gasteiger partial charge >= 0.3 is 0 Å². The lowest BCUT2D eigenvalue weighted by Crippen LogP contribution is -2.72.